The average Bonchev–Trinajstić information content (AvgIpc) is 2.68. The molecule has 4 rings (SSSR count). The number of anilines is 2. The Balaban J connectivity index is 1.78. The summed E-state index contributed by atoms with van der Waals surface area (Å²) in [6, 6.07) is 4.27. The predicted molar refractivity (Wildman–Crippen MR) is 102 cm³/mol. The quantitative estimate of drug-likeness (QED) is 0.607. The third-order valence-electron chi connectivity index (χ3n) is 4.56. The van der Waals surface area contributed by atoms with Gasteiger partial charge in [-0.25, -0.2) is 23.7 Å². The summed E-state index contributed by atoms with van der Waals surface area (Å²) >= 11 is 11.7. The second-order valence-electron chi connectivity index (χ2n) is 6.34. The monoisotopic (exact) mass is 409 g/mol. The van der Waals surface area contributed by atoms with Crippen LogP contribution in [0.25, 0.3) is 11.0 Å². The average molecular weight is 410 g/mol. The molecule has 1 atom stereocenters. The molecule has 1 aromatic carbocycles. The van der Waals surface area contributed by atoms with Crippen molar-refractivity contribution in [3.05, 3.63) is 51.9 Å². The Hall–Kier alpha value is -2.09. The summed E-state index contributed by atoms with van der Waals surface area (Å²) in [6.45, 7) is 1.57. The number of piperidine rings is 1. The fourth-order valence-corrected chi connectivity index (χ4v) is 3.50. The molecule has 1 unspecified atom stereocenters. The molecular formula is C18H15Cl2F2N5. The van der Waals surface area contributed by atoms with E-state index in [1.54, 1.807) is 0 Å². The van der Waals surface area contributed by atoms with Gasteiger partial charge in [-0.1, -0.05) is 23.2 Å². The van der Waals surface area contributed by atoms with Gasteiger partial charge in [-0.15, -0.1) is 0 Å². The lowest BCUT2D eigenvalue weighted by Crippen LogP contribution is -2.29. The molecule has 2 N–H and O–H groups in total. The van der Waals surface area contributed by atoms with Crippen LogP contribution in [-0.2, 0) is 0 Å². The molecular weight excluding hydrogens is 395 g/mol. The second kappa shape index (κ2) is 7.50. The van der Waals surface area contributed by atoms with Crippen molar-refractivity contribution in [2.45, 2.75) is 18.8 Å². The van der Waals surface area contributed by atoms with Crippen molar-refractivity contribution in [2.75, 3.05) is 18.4 Å². The molecule has 1 fully saturated rings. The molecule has 27 heavy (non-hydrogen) atoms. The van der Waals surface area contributed by atoms with Gasteiger partial charge in [0.15, 0.2) is 11.6 Å². The third kappa shape index (κ3) is 3.54. The van der Waals surface area contributed by atoms with Crippen molar-refractivity contribution in [3.63, 3.8) is 0 Å². The lowest BCUT2D eigenvalue weighted by molar-refractivity contribution is 0.438. The highest BCUT2D eigenvalue weighted by molar-refractivity contribution is 6.42. The van der Waals surface area contributed by atoms with Crippen LogP contribution in [0.3, 0.4) is 0 Å². The van der Waals surface area contributed by atoms with Gasteiger partial charge < -0.3 is 10.6 Å². The van der Waals surface area contributed by atoms with Gasteiger partial charge >= 0.3 is 0 Å². The van der Waals surface area contributed by atoms with Crippen LogP contribution in [0, 0.1) is 11.6 Å². The molecule has 1 saturated heterocycles. The zero-order valence-electron chi connectivity index (χ0n) is 14.1. The molecule has 3 aromatic rings. The van der Waals surface area contributed by atoms with E-state index >= 15 is 0 Å². The number of nitrogens with one attached hydrogen (secondary N) is 2. The van der Waals surface area contributed by atoms with E-state index in [1.807, 2.05) is 0 Å². The minimum Gasteiger partial charge on any atom is -0.336 e. The Morgan fingerprint density at radius 2 is 2.04 bits per heavy atom. The van der Waals surface area contributed by atoms with Gasteiger partial charge in [-0.2, -0.15) is 0 Å². The highest BCUT2D eigenvalue weighted by atomic mass is 35.5. The number of rotatable bonds is 3. The standard InChI is InChI=1S/C18H15Cl2F2N5/c19-10-3-4-12(15(22)14(10)20)26-18-17-13(24-8-25-18)6-11(21)16(27-17)9-2-1-5-23-7-9/h3-4,6,8-9,23H,1-2,5,7H2,(H,24,25,26). The molecule has 0 spiro atoms. The maximum atomic E-state index is 14.6. The number of aromatic nitrogens is 3. The molecule has 0 amide bonds. The first-order chi connectivity index (χ1) is 13.0. The van der Waals surface area contributed by atoms with E-state index in [4.69, 9.17) is 23.2 Å². The Morgan fingerprint density at radius 3 is 2.81 bits per heavy atom. The fourth-order valence-electron chi connectivity index (χ4n) is 3.19. The summed E-state index contributed by atoms with van der Waals surface area (Å²) in [5.74, 6) is -0.864. The van der Waals surface area contributed by atoms with Gasteiger partial charge in [-0.05, 0) is 31.5 Å². The van der Waals surface area contributed by atoms with Gasteiger partial charge in [0.05, 0.1) is 26.9 Å². The van der Waals surface area contributed by atoms with Crippen molar-refractivity contribution >= 4 is 45.7 Å². The first kappa shape index (κ1) is 18.3. The number of nitrogens with zero attached hydrogens (tertiary/aromatic N) is 3. The van der Waals surface area contributed by atoms with Crippen LogP contribution in [0.2, 0.25) is 10.0 Å². The molecule has 0 aliphatic carbocycles. The van der Waals surface area contributed by atoms with Crippen LogP contribution in [-0.4, -0.2) is 28.0 Å². The SMILES string of the molecule is Fc1cc2ncnc(Nc3ccc(Cl)c(Cl)c3F)c2nc1C1CCCNC1. The second-order valence-corrected chi connectivity index (χ2v) is 7.12. The van der Waals surface area contributed by atoms with E-state index < -0.39 is 11.6 Å². The van der Waals surface area contributed by atoms with Gasteiger partial charge in [0.1, 0.15) is 17.7 Å². The summed E-state index contributed by atoms with van der Waals surface area (Å²) in [5, 5.41) is 6.04. The van der Waals surface area contributed by atoms with Crippen LogP contribution in [0.4, 0.5) is 20.3 Å². The molecule has 3 heterocycles. The van der Waals surface area contributed by atoms with Crippen LogP contribution in [0.15, 0.2) is 24.5 Å². The Kier molecular flexibility index (Phi) is 5.08. The fraction of sp³-hybridized carbons (Fsp3) is 0.278. The van der Waals surface area contributed by atoms with Crippen molar-refractivity contribution in [2.24, 2.45) is 0 Å². The first-order valence-electron chi connectivity index (χ1n) is 8.47. The molecule has 5 nitrogen and oxygen atoms in total. The summed E-state index contributed by atoms with van der Waals surface area (Å²) in [5.41, 5.74) is 1.15. The molecule has 0 saturated carbocycles. The zero-order valence-corrected chi connectivity index (χ0v) is 15.6. The van der Waals surface area contributed by atoms with E-state index in [2.05, 4.69) is 25.6 Å². The lowest BCUT2D eigenvalue weighted by atomic mass is 9.95. The van der Waals surface area contributed by atoms with E-state index in [0.29, 0.717) is 23.3 Å². The summed E-state index contributed by atoms with van der Waals surface area (Å²) < 4.78 is 28.9. The molecule has 0 radical (unpaired) electrons. The largest absolute Gasteiger partial charge is 0.336 e. The van der Waals surface area contributed by atoms with E-state index in [1.165, 1.54) is 24.5 Å². The van der Waals surface area contributed by atoms with Crippen molar-refractivity contribution in [1.82, 2.24) is 20.3 Å². The molecule has 1 aliphatic heterocycles. The highest BCUT2D eigenvalue weighted by Crippen LogP contribution is 2.33. The molecule has 2 aromatic heterocycles. The third-order valence-corrected chi connectivity index (χ3v) is 5.34. The number of halogens is 4. The number of hydrogen-bond donors (Lipinski definition) is 2. The Bertz CT molecular complexity index is 1010. The zero-order chi connectivity index (χ0) is 19.0. The van der Waals surface area contributed by atoms with Gasteiger partial charge in [0.25, 0.3) is 0 Å². The van der Waals surface area contributed by atoms with Crippen LogP contribution >= 0.6 is 23.2 Å². The van der Waals surface area contributed by atoms with E-state index in [-0.39, 0.29) is 27.5 Å². The number of fused-ring (bicyclic) bond motifs is 1. The summed E-state index contributed by atoms with van der Waals surface area (Å²) in [4.78, 5) is 12.7. The number of pyridine rings is 1. The normalized spacial score (nSPS) is 17.3. The van der Waals surface area contributed by atoms with Crippen LogP contribution < -0.4 is 10.6 Å². The Labute approximate surface area is 164 Å². The van der Waals surface area contributed by atoms with Crippen LogP contribution in [0.5, 0.6) is 0 Å². The number of benzene rings is 1. The molecule has 9 heteroatoms. The summed E-state index contributed by atoms with van der Waals surface area (Å²) in [6.07, 6.45) is 3.07. The van der Waals surface area contributed by atoms with Gasteiger partial charge in [0, 0.05) is 18.5 Å². The topological polar surface area (TPSA) is 62.7 Å². The van der Waals surface area contributed by atoms with E-state index in [0.717, 1.165) is 19.4 Å². The summed E-state index contributed by atoms with van der Waals surface area (Å²) in [7, 11) is 0. The molecule has 0 bridgehead atoms. The highest BCUT2D eigenvalue weighted by Gasteiger charge is 2.22. The first-order valence-corrected chi connectivity index (χ1v) is 9.22. The number of hydrogen-bond acceptors (Lipinski definition) is 5. The van der Waals surface area contributed by atoms with Gasteiger partial charge in [0.2, 0.25) is 0 Å². The minimum absolute atomic E-state index is 0.0297. The Morgan fingerprint density at radius 1 is 1.19 bits per heavy atom. The van der Waals surface area contributed by atoms with Crippen molar-refractivity contribution in [1.29, 1.82) is 0 Å². The molecule has 1 aliphatic rings. The maximum Gasteiger partial charge on any atom is 0.166 e. The smallest absolute Gasteiger partial charge is 0.166 e. The van der Waals surface area contributed by atoms with Gasteiger partial charge in [-0.3, -0.25) is 0 Å². The van der Waals surface area contributed by atoms with Crippen LogP contribution in [0.1, 0.15) is 24.5 Å². The van der Waals surface area contributed by atoms with Crippen molar-refractivity contribution < 1.29 is 8.78 Å². The van der Waals surface area contributed by atoms with Crippen molar-refractivity contribution in [3.8, 4) is 0 Å². The maximum absolute atomic E-state index is 14.6. The predicted octanol–water partition coefficient (Wildman–Crippen LogP) is 4.82. The van der Waals surface area contributed by atoms with E-state index in [9.17, 15) is 8.78 Å². The molecule has 140 valence electrons. The lowest BCUT2D eigenvalue weighted by Gasteiger charge is -2.23. The minimum atomic E-state index is -0.699.